The molecule has 0 saturated heterocycles. The smallest absolute Gasteiger partial charge is 0.267 e. The molecular weight excluding hydrogens is 236 g/mol. The molecule has 0 aromatic carbocycles. The molecule has 0 bridgehead atoms. The first-order valence-corrected chi connectivity index (χ1v) is 5.73. The molecular formula is C10H14N6O2. The summed E-state index contributed by atoms with van der Waals surface area (Å²) in [7, 11) is 0. The molecule has 1 aromatic rings. The molecule has 96 valence electrons. The average Bonchev–Trinajstić information content (AvgIpc) is 2.88. The number of H-pyrrole nitrogens is 1. The number of nitrogens with one attached hydrogen (secondary N) is 3. The van der Waals surface area contributed by atoms with E-state index in [2.05, 4.69) is 31.0 Å². The van der Waals surface area contributed by atoms with Crippen molar-refractivity contribution < 1.29 is 9.59 Å². The molecule has 0 radical (unpaired) electrons. The van der Waals surface area contributed by atoms with Crippen LogP contribution < -0.4 is 10.7 Å². The summed E-state index contributed by atoms with van der Waals surface area (Å²) < 4.78 is 0. The highest BCUT2D eigenvalue weighted by atomic mass is 16.2. The lowest BCUT2D eigenvalue weighted by atomic mass is 10.1. The lowest BCUT2D eigenvalue weighted by molar-refractivity contribution is -0.121. The molecule has 2 rings (SSSR count). The second-order valence-electron chi connectivity index (χ2n) is 3.89. The summed E-state index contributed by atoms with van der Waals surface area (Å²) in [5.74, 6) is 0.413. The van der Waals surface area contributed by atoms with Gasteiger partial charge in [0.15, 0.2) is 0 Å². The minimum absolute atomic E-state index is 0.156. The van der Waals surface area contributed by atoms with E-state index in [-0.39, 0.29) is 11.8 Å². The third kappa shape index (κ3) is 3.37. The Bertz CT molecular complexity index is 453. The van der Waals surface area contributed by atoms with E-state index in [1.54, 1.807) is 0 Å². The van der Waals surface area contributed by atoms with E-state index in [9.17, 15) is 9.59 Å². The Balaban J connectivity index is 1.67. The zero-order valence-corrected chi connectivity index (χ0v) is 9.77. The van der Waals surface area contributed by atoms with Crippen LogP contribution in [0.15, 0.2) is 11.4 Å². The van der Waals surface area contributed by atoms with Gasteiger partial charge in [0, 0.05) is 25.8 Å². The second kappa shape index (κ2) is 5.89. The maximum Gasteiger partial charge on any atom is 0.267 e. The summed E-state index contributed by atoms with van der Waals surface area (Å²) >= 11 is 0. The summed E-state index contributed by atoms with van der Waals surface area (Å²) in [6.45, 7) is 0.534. The Morgan fingerprint density at radius 2 is 2.33 bits per heavy atom. The van der Waals surface area contributed by atoms with Gasteiger partial charge in [-0.3, -0.25) is 14.7 Å². The molecule has 0 fully saturated rings. The van der Waals surface area contributed by atoms with Gasteiger partial charge < -0.3 is 5.32 Å². The fourth-order valence-corrected chi connectivity index (χ4v) is 1.55. The fourth-order valence-electron chi connectivity index (χ4n) is 1.55. The van der Waals surface area contributed by atoms with E-state index < -0.39 is 0 Å². The van der Waals surface area contributed by atoms with E-state index in [4.69, 9.17) is 0 Å². The van der Waals surface area contributed by atoms with Crippen molar-refractivity contribution in [1.29, 1.82) is 0 Å². The minimum Gasteiger partial charge on any atom is -0.351 e. The average molecular weight is 250 g/mol. The highest BCUT2D eigenvalue weighted by Gasteiger charge is 2.17. The van der Waals surface area contributed by atoms with Crippen molar-refractivity contribution in [2.75, 3.05) is 6.54 Å². The summed E-state index contributed by atoms with van der Waals surface area (Å²) in [4.78, 5) is 26.5. The predicted molar refractivity (Wildman–Crippen MR) is 62.5 cm³/mol. The van der Waals surface area contributed by atoms with Gasteiger partial charge in [0.2, 0.25) is 5.91 Å². The van der Waals surface area contributed by atoms with Gasteiger partial charge in [-0.15, -0.1) is 0 Å². The van der Waals surface area contributed by atoms with Crippen molar-refractivity contribution >= 4 is 17.5 Å². The van der Waals surface area contributed by atoms with Crippen molar-refractivity contribution in [3.05, 3.63) is 12.2 Å². The fraction of sp³-hybridized carbons (Fsp3) is 0.500. The number of hydrogen-bond donors (Lipinski definition) is 3. The van der Waals surface area contributed by atoms with Crippen LogP contribution in [0.1, 0.15) is 25.1 Å². The number of hydrazone groups is 1. The van der Waals surface area contributed by atoms with E-state index in [1.165, 1.54) is 6.33 Å². The van der Waals surface area contributed by atoms with Gasteiger partial charge >= 0.3 is 0 Å². The molecule has 1 aliphatic heterocycles. The molecule has 0 saturated carbocycles. The van der Waals surface area contributed by atoms with Crippen LogP contribution in [0.5, 0.6) is 0 Å². The first-order valence-electron chi connectivity index (χ1n) is 5.73. The van der Waals surface area contributed by atoms with Crippen LogP contribution in [-0.4, -0.2) is 39.3 Å². The SMILES string of the molecule is O=C1CCC(C(=O)NCCCc2ncn[nH]2)=NN1. The van der Waals surface area contributed by atoms with Crippen molar-refractivity contribution in [2.45, 2.75) is 25.7 Å². The summed E-state index contributed by atoms with van der Waals surface area (Å²) in [5, 5.41) is 12.9. The van der Waals surface area contributed by atoms with Crippen LogP contribution in [0, 0.1) is 0 Å². The summed E-state index contributed by atoms with van der Waals surface area (Å²) in [5.41, 5.74) is 2.66. The highest BCUT2D eigenvalue weighted by molar-refractivity contribution is 6.39. The molecule has 18 heavy (non-hydrogen) atoms. The number of hydrogen-bond acceptors (Lipinski definition) is 5. The Morgan fingerprint density at radius 3 is 3.00 bits per heavy atom. The van der Waals surface area contributed by atoms with Gasteiger partial charge in [-0.2, -0.15) is 10.2 Å². The van der Waals surface area contributed by atoms with Crippen molar-refractivity contribution in [3.63, 3.8) is 0 Å². The van der Waals surface area contributed by atoms with Gasteiger partial charge in [-0.1, -0.05) is 0 Å². The number of aryl methyl sites for hydroxylation is 1. The van der Waals surface area contributed by atoms with E-state index in [1.807, 2.05) is 0 Å². The Morgan fingerprint density at radius 1 is 1.44 bits per heavy atom. The van der Waals surface area contributed by atoms with Gasteiger partial charge in [0.05, 0.1) is 0 Å². The third-order valence-electron chi connectivity index (χ3n) is 2.51. The molecule has 0 atom stereocenters. The van der Waals surface area contributed by atoms with Crippen molar-refractivity contribution in [1.82, 2.24) is 25.9 Å². The lowest BCUT2D eigenvalue weighted by Gasteiger charge is -2.11. The molecule has 0 unspecified atom stereocenters. The maximum absolute atomic E-state index is 11.6. The third-order valence-corrected chi connectivity index (χ3v) is 2.51. The summed E-state index contributed by atoms with van der Waals surface area (Å²) in [6, 6.07) is 0. The zero-order chi connectivity index (χ0) is 12.8. The molecule has 0 aliphatic carbocycles. The number of nitrogens with zero attached hydrogens (tertiary/aromatic N) is 3. The Kier molecular flexibility index (Phi) is 4.00. The van der Waals surface area contributed by atoms with Crippen LogP contribution in [-0.2, 0) is 16.0 Å². The highest BCUT2D eigenvalue weighted by Crippen LogP contribution is 1.99. The van der Waals surface area contributed by atoms with E-state index in [0.29, 0.717) is 25.1 Å². The molecule has 1 aromatic heterocycles. The van der Waals surface area contributed by atoms with Crippen molar-refractivity contribution in [3.8, 4) is 0 Å². The molecule has 2 heterocycles. The number of amides is 2. The molecule has 8 heteroatoms. The molecule has 2 amide bonds. The number of aromatic nitrogens is 3. The lowest BCUT2D eigenvalue weighted by Crippen LogP contribution is -2.37. The Hall–Kier alpha value is -2.25. The number of rotatable bonds is 5. The number of carbonyl (C=O) groups excluding carboxylic acids is 2. The van der Waals surface area contributed by atoms with Crippen LogP contribution in [0.3, 0.4) is 0 Å². The molecule has 1 aliphatic rings. The summed E-state index contributed by atoms with van der Waals surface area (Å²) in [6.07, 6.45) is 3.64. The van der Waals surface area contributed by atoms with Crippen LogP contribution in [0.25, 0.3) is 0 Å². The normalized spacial score (nSPS) is 14.9. The van der Waals surface area contributed by atoms with Gasteiger partial charge in [0.1, 0.15) is 17.9 Å². The topological polar surface area (TPSA) is 112 Å². The second-order valence-corrected chi connectivity index (χ2v) is 3.89. The minimum atomic E-state index is -0.229. The van der Waals surface area contributed by atoms with Gasteiger partial charge in [0.25, 0.3) is 5.91 Å². The standard InChI is InChI=1S/C10H14N6O2/c17-9-4-3-7(14-16-9)10(18)11-5-1-2-8-12-6-13-15-8/h6H,1-5H2,(H,11,18)(H,16,17)(H,12,13,15). The number of carbonyl (C=O) groups is 2. The monoisotopic (exact) mass is 250 g/mol. The van der Waals surface area contributed by atoms with Crippen LogP contribution in [0.4, 0.5) is 0 Å². The zero-order valence-electron chi connectivity index (χ0n) is 9.77. The maximum atomic E-state index is 11.6. The Labute approximate surface area is 103 Å². The molecule has 8 nitrogen and oxygen atoms in total. The van der Waals surface area contributed by atoms with Gasteiger partial charge in [-0.05, 0) is 6.42 Å². The first kappa shape index (κ1) is 12.2. The van der Waals surface area contributed by atoms with Crippen molar-refractivity contribution in [2.24, 2.45) is 5.10 Å². The van der Waals surface area contributed by atoms with E-state index >= 15 is 0 Å². The predicted octanol–water partition coefficient (Wildman–Crippen LogP) is -0.880. The van der Waals surface area contributed by atoms with Crippen LogP contribution in [0.2, 0.25) is 0 Å². The quantitative estimate of drug-likeness (QED) is 0.589. The van der Waals surface area contributed by atoms with E-state index in [0.717, 1.165) is 18.7 Å². The first-order chi connectivity index (χ1) is 8.75. The van der Waals surface area contributed by atoms with Crippen LogP contribution >= 0.6 is 0 Å². The molecule has 3 N–H and O–H groups in total. The number of aromatic amines is 1. The largest absolute Gasteiger partial charge is 0.351 e. The van der Waals surface area contributed by atoms with Gasteiger partial charge in [-0.25, -0.2) is 10.4 Å². The molecule has 0 spiro atoms.